The van der Waals surface area contributed by atoms with Gasteiger partial charge in [0.1, 0.15) is 5.60 Å². The molecule has 1 aliphatic carbocycles. The molecular weight excluding hydrogens is 214 g/mol. The number of allylic oxidation sites excluding steroid dienone is 1. The standard InChI is InChI=1S/C14H23NO2/c1-10-6-5-7-11-8-15(9-12(10)11)13(16)17-14(2,3)4/h5,7,10-12H,6,8-9H2,1-4H3/t10-,11-,12+/m1/s1. The number of carbonyl (C=O) groups excluding carboxylic acids is 1. The summed E-state index contributed by atoms with van der Waals surface area (Å²) in [7, 11) is 0. The van der Waals surface area contributed by atoms with Crippen molar-refractivity contribution in [3.63, 3.8) is 0 Å². The number of carbonyl (C=O) groups is 1. The molecular formula is C14H23NO2. The highest BCUT2D eigenvalue weighted by Crippen LogP contribution is 2.36. The lowest BCUT2D eigenvalue weighted by Gasteiger charge is -2.26. The molecule has 0 aromatic heterocycles. The van der Waals surface area contributed by atoms with Gasteiger partial charge in [-0.25, -0.2) is 4.79 Å². The first kappa shape index (κ1) is 12.5. The molecule has 0 radical (unpaired) electrons. The van der Waals surface area contributed by atoms with Crippen LogP contribution in [0.2, 0.25) is 0 Å². The molecule has 2 aliphatic rings. The van der Waals surface area contributed by atoms with E-state index < -0.39 is 5.60 Å². The minimum atomic E-state index is -0.397. The summed E-state index contributed by atoms with van der Waals surface area (Å²) in [5.41, 5.74) is -0.397. The molecule has 1 aliphatic heterocycles. The average Bonchev–Trinajstić information content (AvgIpc) is 2.60. The fourth-order valence-electron chi connectivity index (χ4n) is 2.78. The van der Waals surface area contributed by atoms with Gasteiger partial charge >= 0.3 is 6.09 Å². The van der Waals surface area contributed by atoms with Gasteiger partial charge in [0.15, 0.2) is 0 Å². The first-order chi connectivity index (χ1) is 7.87. The lowest BCUT2D eigenvalue weighted by Crippen LogP contribution is -2.35. The van der Waals surface area contributed by atoms with E-state index in [4.69, 9.17) is 4.74 Å². The van der Waals surface area contributed by atoms with E-state index >= 15 is 0 Å². The average molecular weight is 237 g/mol. The first-order valence-corrected chi connectivity index (χ1v) is 6.51. The van der Waals surface area contributed by atoms with Gasteiger partial charge in [-0.2, -0.15) is 0 Å². The van der Waals surface area contributed by atoms with Crippen LogP contribution in [0.1, 0.15) is 34.1 Å². The first-order valence-electron chi connectivity index (χ1n) is 6.51. The van der Waals surface area contributed by atoms with E-state index in [2.05, 4.69) is 19.1 Å². The maximum atomic E-state index is 12.0. The molecule has 3 nitrogen and oxygen atoms in total. The fourth-order valence-corrected chi connectivity index (χ4v) is 2.78. The maximum absolute atomic E-state index is 12.0. The van der Waals surface area contributed by atoms with E-state index in [-0.39, 0.29) is 6.09 Å². The monoisotopic (exact) mass is 237 g/mol. The zero-order valence-electron chi connectivity index (χ0n) is 11.3. The number of likely N-dealkylation sites (tertiary alicyclic amines) is 1. The van der Waals surface area contributed by atoms with Crippen molar-refractivity contribution in [1.29, 1.82) is 0 Å². The molecule has 2 rings (SSSR count). The summed E-state index contributed by atoms with van der Waals surface area (Å²) in [6, 6.07) is 0. The number of hydrogen-bond donors (Lipinski definition) is 0. The third kappa shape index (κ3) is 2.82. The predicted molar refractivity (Wildman–Crippen MR) is 67.7 cm³/mol. The molecule has 96 valence electrons. The summed E-state index contributed by atoms with van der Waals surface area (Å²) in [4.78, 5) is 13.9. The number of hydrogen-bond acceptors (Lipinski definition) is 2. The minimum absolute atomic E-state index is 0.160. The summed E-state index contributed by atoms with van der Waals surface area (Å²) in [5.74, 6) is 1.83. The molecule has 0 spiro atoms. The van der Waals surface area contributed by atoms with Crippen molar-refractivity contribution >= 4 is 6.09 Å². The predicted octanol–water partition coefficient (Wildman–Crippen LogP) is 3.07. The lowest BCUT2D eigenvalue weighted by molar-refractivity contribution is 0.0283. The van der Waals surface area contributed by atoms with Crippen molar-refractivity contribution in [3.8, 4) is 0 Å². The molecule has 0 bridgehead atoms. The molecule has 3 heteroatoms. The Labute approximate surface area is 104 Å². The SMILES string of the molecule is C[C@@H]1CC=C[C@@H]2CN(C(=O)OC(C)(C)C)C[C@@H]12. The lowest BCUT2D eigenvalue weighted by atomic mass is 9.79. The Balaban J connectivity index is 1.98. The van der Waals surface area contributed by atoms with Gasteiger partial charge < -0.3 is 9.64 Å². The van der Waals surface area contributed by atoms with Gasteiger partial charge in [0.25, 0.3) is 0 Å². The normalized spacial score (nSPS) is 32.5. The van der Waals surface area contributed by atoms with E-state index in [0.717, 1.165) is 19.5 Å². The highest BCUT2D eigenvalue weighted by molar-refractivity contribution is 5.68. The summed E-state index contributed by atoms with van der Waals surface area (Å²) >= 11 is 0. The molecule has 0 aromatic rings. The van der Waals surface area contributed by atoms with Crippen LogP contribution in [-0.2, 0) is 4.74 Å². The van der Waals surface area contributed by atoms with Gasteiger partial charge in [-0.1, -0.05) is 19.1 Å². The van der Waals surface area contributed by atoms with E-state index in [1.165, 1.54) is 0 Å². The van der Waals surface area contributed by atoms with Crippen LogP contribution in [0.3, 0.4) is 0 Å². The van der Waals surface area contributed by atoms with Gasteiger partial charge in [0, 0.05) is 13.1 Å². The second-order valence-electron chi connectivity index (χ2n) is 6.35. The Morgan fingerprint density at radius 1 is 1.35 bits per heavy atom. The van der Waals surface area contributed by atoms with E-state index in [9.17, 15) is 4.79 Å². The Morgan fingerprint density at radius 3 is 2.65 bits per heavy atom. The summed E-state index contributed by atoms with van der Waals surface area (Å²) in [5, 5.41) is 0. The quantitative estimate of drug-likeness (QED) is 0.606. The molecule has 0 saturated carbocycles. The van der Waals surface area contributed by atoms with Crippen LogP contribution in [0, 0.1) is 17.8 Å². The Morgan fingerprint density at radius 2 is 2.06 bits per heavy atom. The number of rotatable bonds is 0. The number of fused-ring (bicyclic) bond motifs is 1. The molecule has 0 unspecified atom stereocenters. The largest absolute Gasteiger partial charge is 0.444 e. The third-order valence-corrected chi connectivity index (χ3v) is 3.69. The van der Waals surface area contributed by atoms with Gasteiger partial charge in [0.2, 0.25) is 0 Å². The summed E-state index contributed by atoms with van der Waals surface area (Å²) < 4.78 is 5.43. The van der Waals surface area contributed by atoms with Crippen molar-refractivity contribution in [2.45, 2.75) is 39.7 Å². The Bertz CT molecular complexity index is 330. The molecule has 0 N–H and O–H groups in total. The van der Waals surface area contributed by atoms with Crippen molar-refractivity contribution < 1.29 is 9.53 Å². The van der Waals surface area contributed by atoms with Crippen molar-refractivity contribution in [2.24, 2.45) is 17.8 Å². The van der Waals surface area contributed by atoms with Crippen molar-refractivity contribution in [2.75, 3.05) is 13.1 Å². The van der Waals surface area contributed by atoms with Gasteiger partial charge in [-0.15, -0.1) is 0 Å². The molecule has 1 saturated heterocycles. The maximum Gasteiger partial charge on any atom is 0.410 e. The number of amides is 1. The van der Waals surface area contributed by atoms with Crippen LogP contribution in [-0.4, -0.2) is 29.7 Å². The minimum Gasteiger partial charge on any atom is -0.444 e. The molecule has 17 heavy (non-hydrogen) atoms. The summed E-state index contributed by atoms with van der Waals surface area (Å²) in [6.07, 6.45) is 5.51. The number of nitrogens with zero attached hydrogens (tertiary/aromatic N) is 1. The van der Waals surface area contributed by atoms with Crippen LogP contribution in [0.25, 0.3) is 0 Å². The summed E-state index contributed by atoms with van der Waals surface area (Å²) in [6.45, 7) is 9.69. The molecule has 1 amide bonds. The van der Waals surface area contributed by atoms with E-state index in [0.29, 0.717) is 17.8 Å². The third-order valence-electron chi connectivity index (χ3n) is 3.69. The topological polar surface area (TPSA) is 29.5 Å². The zero-order chi connectivity index (χ0) is 12.6. The Kier molecular flexibility index (Phi) is 3.19. The van der Waals surface area contributed by atoms with Crippen molar-refractivity contribution in [3.05, 3.63) is 12.2 Å². The van der Waals surface area contributed by atoms with Gasteiger partial charge in [-0.3, -0.25) is 0 Å². The van der Waals surface area contributed by atoms with E-state index in [1.807, 2.05) is 25.7 Å². The van der Waals surface area contributed by atoms with Gasteiger partial charge in [0.05, 0.1) is 0 Å². The number of ether oxygens (including phenoxy) is 1. The molecule has 0 aromatic carbocycles. The van der Waals surface area contributed by atoms with Crippen LogP contribution in [0.5, 0.6) is 0 Å². The second-order valence-corrected chi connectivity index (χ2v) is 6.35. The van der Waals surface area contributed by atoms with Crippen LogP contribution in [0.15, 0.2) is 12.2 Å². The fraction of sp³-hybridized carbons (Fsp3) is 0.786. The van der Waals surface area contributed by atoms with Crippen LogP contribution < -0.4 is 0 Å². The second kappa shape index (κ2) is 4.35. The van der Waals surface area contributed by atoms with Gasteiger partial charge in [-0.05, 0) is 44.9 Å². The highest BCUT2D eigenvalue weighted by Gasteiger charge is 2.39. The highest BCUT2D eigenvalue weighted by atomic mass is 16.6. The molecule has 3 atom stereocenters. The molecule has 1 heterocycles. The van der Waals surface area contributed by atoms with Crippen molar-refractivity contribution in [1.82, 2.24) is 4.90 Å². The zero-order valence-corrected chi connectivity index (χ0v) is 11.3. The van der Waals surface area contributed by atoms with Crippen LogP contribution >= 0.6 is 0 Å². The smallest absolute Gasteiger partial charge is 0.410 e. The molecule has 1 fully saturated rings. The Hall–Kier alpha value is -0.990. The van der Waals surface area contributed by atoms with Crippen LogP contribution in [0.4, 0.5) is 4.79 Å². The van der Waals surface area contributed by atoms with E-state index in [1.54, 1.807) is 0 Å².